The van der Waals surface area contributed by atoms with E-state index in [1.165, 1.54) is 12.1 Å². The fourth-order valence-electron chi connectivity index (χ4n) is 2.44. The highest BCUT2D eigenvalue weighted by molar-refractivity contribution is 5.79. The smallest absolute Gasteiger partial charge is 0.227 e. The number of carbonyl (C=O) groups is 1. The lowest BCUT2D eigenvalue weighted by atomic mass is 9.97. The van der Waals surface area contributed by atoms with Crippen LogP contribution in [-0.2, 0) is 11.2 Å². The summed E-state index contributed by atoms with van der Waals surface area (Å²) in [6.45, 7) is 1.84. The van der Waals surface area contributed by atoms with Gasteiger partial charge in [-0.1, -0.05) is 12.1 Å². The van der Waals surface area contributed by atoms with Gasteiger partial charge in [-0.25, -0.2) is 8.78 Å². The predicted molar refractivity (Wildman–Crippen MR) is 68.4 cm³/mol. The second-order valence-corrected chi connectivity index (χ2v) is 4.97. The normalized spacial score (nSPS) is 19.5. The van der Waals surface area contributed by atoms with E-state index in [0.717, 1.165) is 18.9 Å². The molecule has 1 fully saturated rings. The minimum atomic E-state index is -0.928. The zero-order valence-electron chi connectivity index (χ0n) is 10.7. The number of nitrogens with zero attached hydrogens (tertiary/aromatic N) is 1. The molecule has 0 aliphatic carbocycles. The van der Waals surface area contributed by atoms with Crippen molar-refractivity contribution in [2.45, 2.75) is 19.3 Å². The molecular weight excluding hydrogens is 250 g/mol. The minimum absolute atomic E-state index is 0.0963. The first kappa shape index (κ1) is 13.9. The average molecular weight is 268 g/mol. The molecule has 1 aromatic carbocycles. The third-order valence-corrected chi connectivity index (χ3v) is 3.58. The van der Waals surface area contributed by atoms with Crippen LogP contribution in [0, 0.1) is 17.6 Å². The highest BCUT2D eigenvalue weighted by Crippen LogP contribution is 2.18. The van der Waals surface area contributed by atoms with E-state index >= 15 is 0 Å². The number of piperidine rings is 1. The summed E-state index contributed by atoms with van der Waals surface area (Å²) in [6, 6.07) is 3.91. The van der Waals surface area contributed by atoms with Crippen LogP contribution in [-0.4, -0.2) is 30.4 Å². The fourth-order valence-corrected chi connectivity index (χ4v) is 2.44. The second kappa shape index (κ2) is 6.10. The Morgan fingerprint density at radius 1 is 1.42 bits per heavy atom. The lowest BCUT2D eigenvalue weighted by Crippen LogP contribution is -2.42. The lowest BCUT2D eigenvalue weighted by Gasteiger charge is -2.32. The number of rotatable bonds is 3. The van der Waals surface area contributed by atoms with Crippen LogP contribution in [0.25, 0.3) is 0 Å². The van der Waals surface area contributed by atoms with Gasteiger partial charge in [0.15, 0.2) is 11.6 Å². The van der Waals surface area contributed by atoms with E-state index in [0.29, 0.717) is 25.6 Å². The minimum Gasteiger partial charge on any atom is -0.342 e. The first-order chi connectivity index (χ1) is 9.11. The van der Waals surface area contributed by atoms with E-state index in [-0.39, 0.29) is 17.9 Å². The van der Waals surface area contributed by atoms with Gasteiger partial charge in [-0.15, -0.1) is 0 Å². The van der Waals surface area contributed by atoms with Gasteiger partial charge in [0.2, 0.25) is 5.91 Å². The average Bonchev–Trinajstić information content (AvgIpc) is 2.44. The number of hydrogen-bond donors (Lipinski definition) is 1. The lowest BCUT2D eigenvalue weighted by molar-refractivity contribution is -0.132. The summed E-state index contributed by atoms with van der Waals surface area (Å²) in [5.41, 5.74) is 5.73. The standard InChI is InChI=1S/C14H18F2N2O/c15-12-5-1-4-11(14(12)16)7-13(19)18-6-2-3-10(8-17)9-18/h1,4-5,10H,2-3,6-9,17H2. The summed E-state index contributed by atoms with van der Waals surface area (Å²) >= 11 is 0. The Morgan fingerprint density at radius 2 is 2.21 bits per heavy atom. The summed E-state index contributed by atoms with van der Waals surface area (Å²) in [4.78, 5) is 13.8. The molecule has 1 unspecified atom stereocenters. The fraction of sp³-hybridized carbons (Fsp3) is 0.500. The van der Waals surface area contributed by atoms with E-state index in [2.05, 4.69) is 0 Å². The molecule has 19 heavy (non-hydrogen) atoms. The van der Waals surface area contributed by atoms with Crippen LogP contribution in [0.4, 0.5) is 8.78 Å². The van der Waals surface area contributed by atoms with Crippen molar-refractivity contribution in [2.75, 3.05) is 19.6 Å². The molecule has 1 amide bonds. The Hall–Kier alpha value is -1.49. The molecule has 2 N–H and O–H groups in total. The maximum atomic E-state index is 13.5. The number of carbonyl (C=O) groups excluding carboxylic acids is 1. The number of hydrogen-bond acceptors (Lipinski definition) is 2. The molecule has 5 heteroatoms. The van der Waals surface area contributed by atoms with Gasteiger partial charge >= 0.3 is 0 Å². The highest BCUT2D eigenvalue weighted by atomic mass is 19.2. The van der Waals surface area contributed by atoms with Crippen molar-refractivity contribution in [1.29, 1.82) is 0 Å². The number of benzene rings is 1. The Bertz CT molecular complexity index is 465. The Labute approximate surface area is 111 Å². The molecule has 2 rings (SSSR count). The van der Waals surface area contributed by atoms with Gasteiger partial charge in [-0.3, -0.25) is 4.79 Å². The van der Waals surface area contributed by atoms with E-state index in [9.17, 15) is 13.6 Å². The van der Waals surface area contributed by atoms with E-state index in [4.69, 9.17) is 5.73 Å². The Kier molecular flexibility index (Phi) is 4.47. The molecule has 1 heterocycles. The van der Waals surface area contributed by atoms with Crippen molar-refractivity contribution >= 4 is 5.91 Å². The SMILES string of the molecule is NCC1CCCN(C(=O)Cc2cccc(F)c2F)C1. The Balaban J connectivity index is 2.02. The molecule has 3 nitrogen and oxygen atoms in total. The molecule has 0 spiro atoms. The van der Waals surface area contributed by atoms with E-state index in [1.807, 2.05) is 0 Å². The molecule has 0 saturated carbocycles. The number of halogens is 2. The van der Waals surface area contributed by atoms with Gasteiger partial charge in [0.1, 0.15) is 0 Å². The topological polar surface area (TPSA) is 46.3 Å². The second-order valence-electron chi connectivity index (χ2n) is 4.97. The molecule has 104 valence electrons. The van der Waals surface area contributed by atoms with Crippen LogP contribution in [0.15, 0.2) is 18.2 Å². The first-order valence-electron chi connectivity index (χ1n) is 6.52. The van der Waals surface area contributed by atoms with Crippen molar-refractivity contribution in [2.24, 2.45) is 11.7 Å². The zero-order chi connectivity index (χ0) is 13.8. The van der Waals surface area contributed by atoms with Crippen LogP contribution in [0.3, 0.4) is 0 Å². The summed E-state index contributed by atoms with van der Waals surface area (Å²) in [5, 5.41) is 0. The number of amides is 1. The summed E-state index contributed by atoms with van der Waals surface area (Å²) < 4.78 is 26.6. The van der Waals surface area contributed by atoms with Crippen molar-refractivity contribution in [3.8, 4) is 0 Å². The zero-order valence-corrected chi connectivity index (χ0v) is 10.7. The van der Waals surface area contributed by atoms with Crippen molar-refractivity contribution < 1.29 is 13.6 Å². The van der Waals surface area contributed by atoms with Crippen LogP contribution in [0.1, 0.15) is 18.4 Å². The first-order valence-corrected chi connectivity index (χ1v) is 6.52. The molecular formula is C14H18F2N2O. The molecule has 1 saturated heterocycles. The van der Waals surface area contributed by atoms with Gasteiger partial charge < -0.3 is 10.6 Å². The van der Waals surface area contributed by atoms with Crippen LogP contribution in [0.2, 0.25) is 0 Å². The summed E-state index contributed by atoms with van der Waals surface area (Å²) in [5.74, 6) is -1.69. The van der Waals surface area contributed by atoms with Crippen LogP contribution in [0.5, 0.6) is 0 Å². The number of likely N-dealkylation sites (tertiary alicyclic amines) is 1. The van der Waals surface area contributed by atoms with Crippen LogP contribution < -0.4 is 5.73 Å². The van der Waals surface area contributed by atoms with Gasteiger partial charge in [0.05, 0.1) is 6.42 Å². The van der Waals surface area contributed by atoms with Crippen LogP contribution >= 0.6 is 0 Å². The van der Waals surface area contributed by atoms with Crippen molar-refractivity contribution in [3.63, 3.8) is 0 Å². The van der Waals surface area contributed by atoms with Crippen molar-refractivity contribution in [1.82, 2.24) is 4.90 Å². The summed E-state index contributed by atoms with van der Waals surface area (Å²) in [7, 11) is 0. The predicted octanol–water partition coefficient (Wildman–Crippen LogP) is 1.70. The monoisotopic (exact) mass is 268 g/mol. The van der Waals surface area contributed by atoms with Gasteiger partial charge in [-0.2, -0.15) is 0 Å². The molecule has 0 bridgehead atoms. The van der Waals surface area contributed by atoms with E-state index < -0.39 is 11.6 Å². The quantitative estimate of drug-likeness (QED) is 0.907. The van der Waals surface area contributed by atoms with Crippen molar-refractivity contribution in [3.05, 3.63) is 35.4 Å². The summed E-state index contributed by atoms with van der Waals surface area (Å²) in [6.07, 6.45) is 1.84. The maximum absolute atomic E-state index is 13.5. The van der Waals surface area contributed by atoms with E-state index in [1.54, 1.807) is 4.90 Å². The molecule has 1 atom stereocenters. The van der Waals surface area contributed by atoms with Gasteiger partial charge in [0.25, 0.3) is 0 Å². The third kappa shape index (κ3) is 3.29. The highest BCUT2D eigenvalue weighted by Gasteiger charge is 2.23. The molecule has 0 aromatic heterocycles. The third-order valence-electron chi connectivity index (χ3n) is 3.58. The molecule has 0 radical (unpaired) electrons. The van der Waals surface area contributed by atoms with Gasteiger partial charge in [-0.05, 0) is 31.4 Å². The number of nitrogens with two attached hydrogens (primary N) is 1. The largest absolute Gasteiger partial charge is 0.342 e. The maximum Gasteiger partial charge on any atom is 0.227 e. The molecule has 1 aromatic rings. The molecule has 1 aliphatic heterocycles. The Morgan fingerprint density at radius 3 is 2.95 bits per heavy atom. The van der Waals surface area contributed by atoms with Gasteiger partial charge in [0, 0.05) is 18.7 Å². The molecule has 1 aliphatic rings.